The number of amides is 1. The lowest BCUT2D eigenvalue weighted by atomic mass is 10.2. The van der Waals surface area contributed by atoms with Crippen LogP contribution in [0.5, 0.6) is 0 Å². The number of benzene rings is 1. The summed E-state index contributed by atoms with van der Waals surface area (Å²) < 4.78 is 0. The molecule has 1 aromatic carbocycles. The van der Waals surface area contributed by atoms with Gasteiger partial charge in [0.1, 0.15) is 0 Å². The number of thioether (sulfide) groups is 1. The van der Waals surface area contributed by atoms with E-state index in [2.05, 4.69) is 0 Å². The van der Waals surface area contributed by atoms with Crippen molar-refractivity contribution < 1.29 is 9.90 Å². The molecule has 0 aliphatic rings. The number of hydrogen-bond donors (Lipinski definition) is 1. The molecule has 4 heteroatoms. The summed E-state index contributed by atoms with van der Waals surface area (Å²) in [5.74, 6) is -0.0472. The first-order valence-corrected chi connectivity index (χ1v) is 5.92. The van der Waals surface area contributed by atoms with Crippen molar-refractivity contribution in [3.05, 3.63) is 29.8 Å². The van der Waals surface area contributed by atoms with Gasteiger partial charge >= 0.3 is 0 Å². The molecule has 0 atom stereocenters. The van der Waals surface area contributed by atoms with Crippen molar-refractivity contribution in [1.82, 2.24) is 4.90 Å². The monoisotopic (exact) mass is 225 g/mol. The minimum atomic E-state index is -0.0472. The van der Waals surface area contributed by atoms with Gasteiger partial charge in [-0.3, -0.25) is 4.79 Å². The molecule has 0 unspecified atom stereocenters. The van der Waals surface area contributed by atoms with Gasteiger partial charge in [0.15, 0.2) is 0 Å². The van der Waals surface area contributed by atoms with Crippen LogP contribution in [0.3, 0.4) is 0 Å². The Kier molecular flexibility index (Phi) is 4.65. The van der Waals surface area contributed by atoms with Gasteiger partial charge in [-0.1, -0.05) is 12.1 Å². The fourth-order valence-corrected chi connectivity index (χ4v) is 1.87. The van der Waals surface area contributed by atoms with E-state index < -0.39 is 0 Å². The molecule has 1 amide bonds. The van der Waals surface area contributed by atoms with Crippen molar-refractivity contribution in [2.24, 2.45) is 0 Å². The Hall–Kier alpha value is -1.00. The Labute approximate surface area is 94.1 Å². The quantitative estimate of drug-likeness (QED) is 0.789. The summed E-state index contributed by atoms with van der Waals surface area (Å²) in [5.41, 5.74) is 0.695. The van der Waals surface area contributed by atoms with Crippen molar-refractivity contribution in [3.63, 3.8) is 0 Å². The van der Waals surface area contributed by atoms with E-state index in [1.54, 1.807) is 18.8 Å². The van der Waals surface area contributed by atoms with Gasteiger partial charge in [-0.05, 0) is 18.4 Å². The van der Waals surface area contributed by atoms with E-state index in [1.807, 2.05) is 30.5 Å². The van der Waals surface area contributed by atoms with Crippen LogP contribution >= 0.6 is 11.8 Å². The zero-order chi connectivity index (χ0) is 11.3. The first-order valence-electron chi connectivity index (χ1n) is 4.70. The Morgan fingerprint density at radius 1 is 1.47 bits per heavy atom. The molecule has 1 rings (SSSR count). The molecule has 0 bridgehead atoms. The number of nitrogens with zero attached hydrogens (tertiary/aromatic N) is 1. The number of carbonyl (C=O) groups excluding carboxylic acids is 1. The molecule has 82 valence electrons. The Morgan fingerprint density at radius 2 is 2.13 bits per heavy atom. The highest BCUT2D eigenvalue weighted by molar-refractivity contribution is 7.98. The van der Waals surface area contributed by atoms with Crippen molar-refractivity contribution >= 4 is 17.7 Å². The molecule has 15 heavy (non-hydrogen) atoms. The number of rotatable bonds is 4. The van der Waals surface area contributed by atoms with Crippen LogP contribution in [0.2, 0.25) is 0 Å². The summed E-state index contributed by atoms with van der Waals surface area (Å²) in [6.45, 7) is 0.352. The second-order valence-electron chi connectivity index (χ2n) is 3.15. The first-order chi connectivity index (χ1) is 7.20. The summed E-state index contributed by atoms with van der Waals surface area (Å²) >= 11 is 1.55. The third-order valence-corrected chi connectivity index (χ3v) is 2.92. The fraction of sp³-hybridized carbons (Fsp3) is 0.364. The SMILES string of the molecule is CSc1ccccc1C(=O)N(C)CCO. The minimum Gasteiger partial charge on any atom is -0.395 e. The molecule has 0 spiro atoms. The van der Waals surface area contributed by atoms with E-state index in [9.17, 15) is 4.79 Å². The molecular formula is C11H15NO2S. The molecule has 3 nitrogen and oxygen atoms in total. The van der Waals surface area contributed by atoms with E-state index in [1.165, 1.54) is 4.90 Å². The lowest BCUT2D eigenvalue weighted by Crippen LogP contribution is -2.29. The molecule has 0 aromatic heterocycles. The van der Waals surface area contributed by atoms with Crippen LogP contribution in [0.4, 0.5) is 0 Å². The summed E-state index contributed by atoms with van der Waals surface area (Å²) in [7, 11) is 1.69. The van der Waals surface area contributed by atoms with Gasteiger partial charge in [0, 0.05) is 18.5 Å². The van der Waals surface area contributed by atoms with E-state index in [4.69, 9.17) is 5.11 Å². The van der Waals surface area contributed by atoms with Gasteiger partial charge < -0.3 is 10.0 Å². The van der Waals surface area contributed by atoms with Crippen LogP contribution in [0.1, 0.15) is 10.4 Å². The smallest absolute Gasteiger partial charge is 0.254 e. The molecule has 1 aromatic rings. The molecule has 0 saturated heterocycles. The van der Waals surface area contributed by atoms with E-state index in [-0.39, 0.29) is 12.5 Å². The topological polar surface area (TPSA) is 40.5 Å². The second-order valence-corrected chi connectivity index (χ2v) is 4.00. The number of aliphatic hydroxyl groups excluding tert-OH is 1. The maximum atomic E-state index is 11.9. The van der Waals surface area contributed by atoms with Crippen LogP contribution in [0, 0.1) is 0 Å². The third-order valence-electron chi connectivity index (χ3n) is 2.12. The Balaban J connectivity index is 2.90. The van der Waals surface area contributed by atoms with Crippen LogP contribution in [0.25, 0.3) is 0 Å². The van der Waals surface area contributed by atoms with E-state index in [0.717, 1.165) is 4.90 Å². The number of carbonyl (C=O) groups is 1. The van der Waals surface area contributed by atoms with Crippen LogP contribution in [0.15, 0.2) is 29.2 Å². The average molecular weight is 225 g/mol. The predicted molar refractivity (Wildman–Crippen MR) is 62.3 cm³/mol. The standard InChI is InChI=1S/C11H15NO2S/c1-12(7-8-13)11(14)9-5-3-4-6-10(9)15-2/h3-6,13H,7-8H2,1-2H3. The normalized spacial score (nSPS) is 10.1. The largest absolute Gasteiger partial charge is 0.395 e. The van der Waals surface area contributed by atoms with Gasteiger partial charge in [-0.25, -0.2) is 0 Å². The number of aliphatic hydroxyl groups is 1. The lowest BCUT2D eigenvalue weighted by molar-refractivity contribution is 0.0763. The lowest BCUT2D eigenvalue weighted by Gasteiger charge is -2.17. The van der Waals surface area contributed by atoms with Crippen molar-refractivity contribution in [2.45, 2.75) is 4.90 Å². The summed E-state index contributed by atoms with van der Waals surface area (Å²) in [6, 6.07) is 7.49. The van der Waals surface area contributed by atoms with Crippen molar-refractivity contribution in [2.75, 3.05) is 26.5 Å². The Bertz CT molecular complexity index is 341. The molecule has 0 fully saturated rings. The van der Waals surface area contributed by atoms with Crippen molar-refractivity contribution in [3.8, 4) is 0 Å². The van der Waals surface area contributed by atoms with Crippen LogP contribution < -0.4 is 0 Å². The van der Waals surface area contributed by atoms with Gasteiger partial charge in [0.25, 0.3) is 5.91 Å². The molecule has 0 aliphatic carbocycles. The molecule has 0 aliphatic heterocycles. The van der Waals surface area contributed by atoms with E-state index in [0.29, 0.717) is 12.1 Å². The highest BCUT2D eigenvalue weighted by Gasteiger charge is 2.13. The van der Waals surface area contributed by atoms with Gasteiger partial charge in [0.2, 0.25) is 0 Å². The molecule has 1 N–H and O–H groups in total. The summed E-state index contributed by atoms with van der Waals surface area (Å²) in [5, 5.41) is 8.76. The maximum absolute atomic E-state index is 11.9. The minimum absolute atomic E-state index is 0.0102. The van der Waals surface area contributed by atoms with Gasteiger partial charge in [0.05, 0.1) is 12.2 Å². The third kappa shape index (κ3) is 2.97. The second kappa shape index (κ2) is 5.78. The molecule has 0 saturated carbocycles. The maximum Gasteiger partial charge on any atom is 0.254 e. The first kappa shape index (κ1) is 12.1. The Morgan fingerprint density at radius 3 is 2.73 bits per heavy atom. The van der Waals surface area contributed by atoms with Crippen LogP contribution in [-0.2, 0) is 0 Å². The zero-order valence-corrected chi connectivity index (χ0v) is 9.75. The van der Waals surface area contributed by atoms with Gasteiger partial charge in [-0.15, -0.1) is 11.8 Å². The fourth-order valence-electron chi connectivity index (χ4n) is 1.28. The number of likely N-dealkylation sites (N-methyl/N-ethyl adjacent to an activating group) is 1. The summed E-state index contributed by atoms with van der Waals surface area (Å²) in [6.07, 6.45) is 1.94. The van der Waals surface area contributed by atoms with Crippen LogP contribution in [-0.4, -0.2) is 42.4 Å². The average Bonchev–Trinajstić information content (AvgIpc) is 2.28. The highest BCUT2D eigenvalue weighted by Crippen LogP contribution is 2.20. The predicted octanol–water partition coefficient (Wildman–Crippen LogP) is 1.47. The molecule has 0 radical (unpaired) electrons. The van der Waals surface area contributed by atoms with Crippen molar-refractivity contribution in [1.29, 1.82) is 0 Å². The molecular weight excluding hydrogens is 210 g/mol. The van der Waals surface area contributed by atoms with E-state index >= 15 is 0 Å². The summed E-state index contributed by atoms with van der Waals surface area (Å²) in [4.78, 5) is 14.4. The number of hydrogen-bond acceptors (Lipinski definition) is 3. The zero-order valence-electron chi connectivity index (χ0n) is 8.93. The van der Waals surface area contributed by atoms with Gasteiger partial charge in [-0.2, -0.15) is 0 Å². The highest BCUT2D eigenvalue weighted by atomic mass is 32.2. The molecule has 0 heterocycles.